The van der Waals surface area contributed by atoms with E-state index in [2.05, 4.69) is 16.6 Å². The summed E-state index contributed by atoms with van der Waals surface area (Å²) in [5.41, 5.74) is -2.31. The summed E-state index contributed by atoms with van der Waals surface area (Å²) < 4.78 is 43.2. The van der Waals surface area contributed by atoms with Crippen LogP contribution in [0.2, 0.25) is 0 Å². The van der Waals surface area contributed by atoms with Crippen molar-refractivity contribution in [2.24, 2.45) is 0 Å². The number of hydrogen-bond acceptors (Lipinski definition) is 3. The zero-order valence-electron chi connectivity index (χ0n) is 11.0. The summed E-state index contributed by atoms with van der Waals surface area (Å²) in [5, 5.41) is 10.9. The van der Waals surface area contributed by atoms with E-state index in [1.54, 1.807) is 0 Å². The molecule has 0 aliphatic carbocycles. The highest BCUT2D eigenvalue weighted by Crippen LogP contribution is 2.35. The van der Waals surface area contributed by atoms with E-state index < -0.39 is 29.4 Å². The number of carbonyl (C=O) groups is 2. The second-order valence-electron chi connectivity index (χ2n) is 4.01. The fourth-order valence-corrected chi connectivity index (χ4v) is 1.54. The summed E-state index contributed by atoms with van der Waals surface area (Å²) in [4.78, 5) is 22.2. The maximum absolute atomic E-state index is 12.9. The van der Waals surface area contributed by atoms with Gasteiger partial charge in [-0.3, -0.25) is 5.32 Å². The third-order valence-corrected chi connectivity index (χ3v) is 2.53. The van der Waals surface area contributed by atoms with Gasteiger partial charge in [0.1, 0.15) is 6.61 Å². The summed E-state index contributed by atoms with van der Waals surface area (Å²) >= 11 is 0. The van der Waals surface area contributed by atoms with Crippen LogP contribution in [-0.2, 0) is 10.9 Å². The summed E-state index contributed by atoms with van der Waals surface area (Å²) in [6.45, 7) is 4.30. The number of ether oxygens (including phenoxy) is 1. The molecule has 5 nitrogen and oxygen atoms in total. The first-order chi connectivity index (χ1) is 9.66. The van der Waals surface area contributed by atoms with Gasteiger partial charge < -0.3 is 9.84 Å². The minimum atomic E-state index is -4.74. The van der Waals surface area contributed by atoms with Gasteiger partial charge in [-0.1, -0.05) is 12.7 Å². The van der Waals surface area contributed by atoms with E-state index in [9.17, 15) is 22.8 Å². The molecule has 0 atom stereocenters. The molecule has 0 saturated carbocycles. The Balaban J connectivity index is 3.24. The molecule has 114 valence electrons. The molecule has 0 fully saturated rings. The highest BCUT2D eigenvalue weighted by Gasteiger charge is 2.34. The topological polar surface area (TPSA) is 75.6 Å². The van der Waals surface area contributed by atoms with Crippen LogP contribution in [0.5, 0.6) is 0 Å². The van der Waals surface area contributed by atoms with Crippen LogP contribution < -0.4 is 5.32 Å². The Morgan fingerprint density at radius 1 is 1.43 bits per heavy atom. The molecule has 0 radical (unpaired) electrons. The number of alkyl halides is 3. The van der Waals surface area contributed by atoms with Crippen molar-refractivity contribution in [3.05, 3.63) is 41.5 Å². The minimum Gasteiger partial charge on any atom is -0.478 e. The molecule has 0 aromatic heterocycles. The Hall–Kier alpha value is -2.51. The van der Waals surface area contributed by atoms with Crippen molar-refractivity contribution in [2.45, 2.75) is 13.1 Å². The second-order valence-corrected chi connectivity index (χ2v) is 4.01. The van der Waals surface area contributed by atoms with Gasteiger partial charge in [-0.05, 0) is 24.6 Å². The number of carboxylic acid groups (broad SMARTS) is 1. The molecular formula is C13H12F3NO4. The molecule has 8 heteroatoms. The van der Waals surface area contributed by atoms with Crippen molar-refractivity contribution >= 4 is 17.7 Å². The van der Waals surface area contributed by atoms with Crippen LogP contribution in [0.15, 0.2) is 24.8 Å². The number of nitrogens with one attached hydrogen (secondary N) is 1. The standard InChI is InChI=1S/C13H12F3NO4/c1-3-4-21-12(20)17-10-6-8(11(18)19)5-9(7(10)2)13(14,15)16/h3,5-6H,1,4H2,2H3,(H,17,20)(H,18,19). The molecule has 1 amide bonds. The molecule has 2 N–H and O–H groups in total. The number of anilines is 1. The first-order valence-electron chi connectivity index (χ1n) is 5.66. The lowest BCUT2D eigenvalue weighted by molar-refractivity contribution is -0.138. The average molecular weight is 303 g/mol. The molecule has 0 bridgehead atoms. The van der Waals surface area contributed by atoms with Gasteiger partial charge in [0.25, 0.3) is 0 Å². The molecule has 0 saturated heterocycles. The number of carboxylic acids is 1. The maximum atomic E-state index is 12.9. The van der Waals surface area contributed by atoms with E-state index in [0.717, 1.165) is 13.0 Å². The molecule has 0 aliphatic rings. The van der Waals surface area contributed by atoms with Crippen LogP contribution in [0, 0.1) is 6.92 Å². The quantitative estimate of drug-likeness (QED) is 0.835. The van der Waals surface area contributed by atoms with Gasteiger partial charge in [-0.15, -0.1) is 0 Å². The van der Waals surface area contributed by atoms with Crippen molar-refractivity contribution in [1.82, 2.24) is 0 Å². The van der Waals surface area contributed by atoms with E-state index in [-0.39, 0.29) is 17.9 Å². The van der Waals surface area contributed by atoms with Gasteiger partial charge in [-0.25, -0.2) is 9.59 Å². The third kappa shape index (κ3) is 4.23. The van der Waals surface area contributed by atoms with E-state index >= 15 is 0 Å². The highest BCUT2D eigenvalue weighted by molar-refractivity contribution is 5.92. The van der Waals surface area contributed by atoms with Crippen molar-refractivity contribution in [1.29, 1.82) is 0 Å². The monoisotopic (exact) mass is 303 g/mol. The van der Waals surface area contributed by atoms with Crippen LogP contribution in [0.1, 0.15) is 21.5 Å². The summed E-state index contributed by atoms with van der Waals surface area (Å²) in [6.07, 6.45) is -4.47. The summed E-state index contributed by atoms with van der Waals surface area (Å²) in [7, 11) is 0. The molecule has 0 aliphatic heterocycles. The Kier molecular flexibility index (Phi) is 4.96. The van der Waals surface area contributed by atoms with E-state index in [4.69, 9.17) is 5.11 Å². The number of halogens is 3. The maximum Gasteiger partial charge on any atom is 0.416 e. The lowest BCUT2D eigenvalue weighted by atomic mass is 10.0. The van der Waals surface area contributed by atoms with Gasteiger partial charge in [0.2, 0.25) is 0 Å². The van der Waals surface area contributed by atoms with Gasteiger partial charge in [0.05, 0.1) is 11.1 Å². The van der Waals surface area contributed by atoms with Crippen molar-refractivity contribution in [2.75, 3.05) is 11.9 Å². The Morgan fingerprint density at radius 2 is 2.05 bits per heavy atom. The SMILES string of the molecule is C=CCOC(=O)Nc1cc(C(=O)O)cc(C(F)(F)F)c1C. The van der Waals surface area contributed by atoms with Crippen molar-refractivity contribution in [3.63, 3.8) is 0 Å². The largest absolute Gasteiger partial charge is 0.478 e. The lowest BCUT2D eigenvalue weighted by Crippen LogP contribution is -2.17. The number of aromatic carboxylic acids is 1. The summed E-state index contributed by atoms with van der Waals surface area (Å²) in [6, 6.07) is 1.44. The minimum absolute atomic E-state index is 0.129. The van der Waals surface area contributed by atoms with Gasteiger partial charge in [-0.2, -0.15) is 13.2 Å². The lowest BCUT2D eigenvalue weighted by Gasteiger charge is -2.16. The normalized spacial score (nSPS) is 10.9. The molecule has 1 aromatic carbocycles. The molecular weight excluding hydrogens is 291 g/mol. The Bertz CT molecular complexity index is 582. The predicted molar refractivity (Wildman–Crippen MR) is 68.3 cm³/mol. The number of carbonyl (C=O) groups excluding carboxylic acids is 1. The second kappa shape index (κ2) is 6.29. The zero-order valence-corrected chi connectivity index (χ0v) is 11.0. The first kappa shape index (κ1) is 16.5. The number of hydrogen-bond donors (Lipinski definition) is 2. The molecule has 0 unspecified atom stereocenters. The predicted octanol–water partition coefficient (Wildman–Crippen LogP) is 3.45. The summed E-state index contributed by atoms with van der Waals surface area (Å²) in [5.74, 6) is -1.54. The van der Waals surface area contributed by atoms with Crippen LogP contribution in [0.25, 0.3) is 0 Å². The van der Waals surface area contributed by atoms with E-state index in [1.165, 1.54) is 6.08 Å². The number of rotatable bonds is 4. The Labute approximate surface area is 118 Å². The van der Waals surface area contributed by atoms with Crippen LogP contribution >= 0.6 is 0 Å². The smallest absolute Gasteiger partial charge is 0.416 e. The number of amides is 1. The van der Waals surface area contributed by atoms with Gasteiger partial charge in [0, 0.05) is 5.69 Å². The van der Waals surface area contributed by atoms with Crippen LogP contribution in [-0.4, -0.2) is 23.8 Å². The van der Waals surface area contributed by atoms with Crippen molar-refractivity contribution in [3.8, 4) is 0 Å². The fraction of sp³-hybridized carbons (Fsp3) is 0.231. The molecule has 0 spiro atoms. The molecule has 1 aromatic rings. The van der Waals surface area contributed by atoms with Crippen molar-refractivity contribution < 1.29 is 32.6 Å². The molecule has 21 heavy (non-hydrogen) atoms. The van der Waals surface area contributed by atoms with E-state index in [0.29, 0.717) is 6.07 Å². The van der Waals surface area contributed by atoms with E-state index in [1.807, 2.05) is 0 Å². The number of benzene rings is 1. The zero-order chi connectivity index (χ0) is 16.2. The fourth-order valence-electron chi connectivity index (χ4n) is 1.54. The van der Waals surface area contributed by atoms with Gasteiger partial charge >= 0.3 is 18.2 Å². The van der Waals surface area contributed by atoms with Gasteiger partial charge in [0.15, 0.2) is 0 Å². The first-order valence-corrected chi connectivity index (χ1v) is 5.66. The third-order valence-electron chi connectivity index (χ3n) is 2.53. The molecule has 1 rings (SSSR count). The van der Waals surface area contributed by atoms with Crippen LogP contribution in [0.4, 0.5) is 23.7 Å². The van der Waals surface area contributed by atoms with Crippen LogP contribution in [0.3, 0.4) is 0 Å². The Morgan fingerprint density at radius 3 is 2.52 bits per heavy atom. The molecule has 0 heterocycles. The highest BCUT2D eigenvalue weighted by atomic mass is 19.4. The average Bonchev–Trinajstić information content (AvgIpc) is 2.37.